The number of carbonyl (C=O) groups is 1. The highest BCUT2D eigenvalue weighted by atomic mass is 16.5. The largest absolute Gasteiger partial charge is 0.494 e. The predicted octanol–water partition coefficient (Wildman–Crippen LogP) is 2.27. The van der Waals surface area contributed by atoms with Gasteiger partial charge in [0.25, 0.3) is 5.91 Å². The maximum atomic E-state index is 12.3. The molecule has 25 heavy (non-hydrogen) atoms. The number of aromatic nitrogens is 3. The number of carbonyl (C=O) groups excluding carboxylic acids is 1. The van der Waals surface area contributed by atoms with Crippen LogP contribution < -0.4 is 10.1 Å². The quantitative estimate of drug-likeness (QED) is 0.834. The van der Waals surface area contributed by atoms with Gasteiger partial charge in [-0.25, -0.2) is 4.68 Å². The summed E-state index contributed by atoms with van der Waals surface area (Å²) in [4.78, 5) is 12.3. The first-order valence-electron chi connectivity index (χ1n) is 8.74. The Kier molecular flexibility index (Phi) is 5.65. The molecule has 3 rings (SSSR count). The van der Waals surface area contributed by atoms with E-state index in [4.69, 9.17) is 9.47 Å². The van der Waals surface area contributed by atoms with Crippen LogP contribution in [0.3, 0.4) is 0 Å². The molecule has 1 aliphatic heterocycles. The van der Waals surface area contributed by atoms with Crippen LogP contribution in [0.1, 0.15) is 42.4 Å². The molecule has 134 valence electrons. The molecule has 0 spiro atoms. The molecule has 0 radical (unpaired) electrons. The summed E-state index contributed by atoms with van der Waals surface area (Å²) in [5, 5.41) is 11.0. The number of benzene rings is 1. The summed E-state index contributed by atoms with van der Waals surface area (Å²) in [7, 11) is 0. The zero-order valence-electron chi connectivity index (χ0n) is 14.7. The van der Waals surface area contributed by atoms with E-state index in [1.807, 2.05) is 31.2 Å². The van der Waals surface area contributed by atoms with Crippen molar-refractivity contribution in [1.82, 2.24) is 20.3 Å². The zero-order chi connectivity index (χ0) is 17.6. The molecule has 0 saturated carbocycles. The van der Waals surface area contributed by atoms with Gasteiger partial charge in [0.1, 0.15) is 5.75 Å². The average molecular weight is 344 g/mol. The second-order valence-corrected chi connectivity index (χ2v) is 6.12. The first-order chi connectivity index (χ1) is 12.2. The van der Waals surface area contributed by atoms with Crippen molar-refractivity contribution in [2.75, 3.05) is 19.8 Å². The molecule has 0 aliphatic carbocycles. The molecule has 1 N–H and O–H groups in total. The Morgan fingerprint density at radius 3 is 2.88 bits per heavy atom. The number of hydrogen-bond donors (Lipinski definition) is 1. The maximum Gasteiger partial charge on any atom is 0.273 e. The van der Waals surface area contributed by atoms with Crippen molar-refractivity contribution >= 4 is 5.91 Å². The van der Waals surface area contributed by atoms with E-state index >= 15 is 0 Å². The Morgan fingerprint density at radius 2 is 2.20 bits per heavy atom. The SMILES string of the molecule is CCCOc1ccc(-n2nnc(C(=O)NCC3CCCO3)c2C)cc1. The van der Waals surface area contributed by atoms with Crippen LogP contribution >= 0.6 is 0 Å². The Labute approximate surface area is 147 Å². The predicted molar refractivity (Wildman–Crippen MR) is 93.2 cm³/mol. The minimum Gasteiger partial charge on any atom is -0.494 e. The van der Waals surface area contributed by atoms with Gasteiger partial charge < -0.3 is 14.8 Å². The minimum absolute atomic E-state index is 0.106. The molecular formula is C18H24N4O3. The first kappa shape index (κ1) is 17.4. The van der Waals surface area contributed by atoms with Crippen LogP contribution in [-0.2, 0) is 4.74 Å². The Balaban J connectivity index is 1.66. The summed E-state index contributed by atoms with van der Waals surface area (Å²) in [5.74, 6) is 0.597. The highest BCUT2D eigenvalue weighted by Crippen LogP contribution is 2.17. The standard InChI is InChI=1S/C18H24N4O3/c1-3-10-24-15-8-6-14(7-9-15)22-13(2)17(20-21-22)18(23)19-12-16-5-4-11-25-16/h6-9,16H,3-5,10-12H2,1-2H3,(H,19,23). The molecule has 1 saturated heterocycles. The van der Waals surface area contributed by atoms with E-state index in [0.29, 0.717) is 24.5 Å². The zero-order valence-corrected chi connectivity index (χ0v) is 14.7. The van der Waals surface area contributed by atoms with Crippen LogP contribution in [0.5, 0.6) is 5.75 Å². The topological polar surface area (TPSA) is 78.3 Å². The van der Waals surface area contributed by atoms with Crippen LogP contribution in [0.2, 0.25) is 0 Å². The third kappa shape index (κ3) is 4.17. The van der Waals surface area contributed by atoms with E-state index in [1.165, 1.54) is 0 Å². The summed E-state index contributed by atoms with van der Waals surface area (Å²) in [5.41, 5.74) is 1.88. The van der Waals surface area contributed by atoms with Crippen LogP contribution in [-0.4, -0.2) is 46.8 Å². The Bertz CT molecular complexity index is 706. The molecule has 1 aromatic carbocycles. The average Bonchev–Trinajstić information content (AvgIpc) is 3.28. The minimum atomic E-state index is -0.220. The van der Waals surface area contributed by atoms with Gasteiger partial charge in [0, 0.05) is 13.2 Å². The van der Waals surface area contributed by atoms with Crippen LogP contribution in [0.25, 0.3) is 5.69 Å². The summed E-state index contributed by atoms with van der Waals surface area (Å²) in [6, 6.07) is 7.59. The van der Waals surface area contributed by atoms with Gasteiger partial charge >= 0.3 is 0 Å². The van der Waals surface area contributed by atoms with E-state index in [0.717, 1.165) is 37.3 Å². The summed E-state index contributed by atoms with van der Waals surface area (Å²) < 4.78 is 12.8. The van der Waals surface area contributed by atoms with E-state index in [-0.39, 0.29) is 12.0 Å². The van der Waals surface area contributed by atoms with E-state index in [2.05, 4.69) is 22.6 Å². The van der Waals surface area contributed by atoms with Crippen LogP contribution in [0.15, 0.2) is 24.3 Å². The molecule has 1 fully saturated rings. The monoisotopic (exact) mass is 344 g/mol. The lowest BCUT2D eigenvalue weighted by atomic mass is 10.2. The molecule has 1 atom stereocenters. The smallest absolute Gasteiger partial charge is 0.273 e. The second-order valence-electron chi connectivity index (χ2n) is 6.12. The van der Waals surface area contributed by atoms with Gasteiger partial charge in [-0.15, -0.1) is 5.10 Å². The van der Waals surface area contributed by atoms with E-state index < -0.39 is 0 Å². The number of nitrogens with one attached hydrogen (secondary N) is 1. The molecule has 2 aromatic rings. The maximum absolute atomic E-state index is 12.3. The Morgan fingerprint density at radius 1 is 1.40 bits per heavy atom. The summed E-state index contributed by atoms with van der Waals surface area (Å²) >= 11 is 0. The molecule has 1 amide bonds. The molecule has 7 heteroatoms. The van der Waals surface area contributed by atoms with Gasteiger partial charge in [0.15, 0.2) is 5.69 Å². The van der Waals surface area contributed by atoms with Crippen molar-refractivity contribution < 1.29 is 14.3 Å². The van der Waals surface area contributed by atoms with Crippen LogP contribution in [0, 0.1) is 6.92 Å². The summed E-state index contributed by atoms with van der Waals surface area (Å²) in [6.07, 6.45) is 3.11. The van der Waals surface area contributed by atoms with Crippen molar-refractivity contribution in [1.29, 1.82) is 0 Å². The normalized spacial score (nSPS) is 16.8. The number of amides is 1. The third-order valence-electron chi connectivity index (χ3n) is 4.18. The molecular weight excluding hydrogens is 320 g/mol. The first-order valence-corrected chi connectivity index (χ1v) is 8.74. The van der Waals surface area contributed by atoms with Crippen molar-refractivity contribution in [3.8, 4) is 11.4 Å². The van der Waals surface area contributed by atoms with Crippen molar-refractivity contribution in [3.63, 3.8) is 0 Å². The Hall–Kier alpha value is -2.41. The van der Waals surface area contributed by atoms with Gasteiger partial charge in [0.05, 0.1) is 24.1 Å². The molecule has 0 bridgehead atoms. The lowest BCUT2D eigenvalue weighted by molar-refractivity contribution is 0.0853. The molecule has 1 unspecified atom stereocenters. The van der Waals surface area contributed by atoms with Gasteiger partial charge in [-0.05, 0) is 50.5 Å². The molecule has 1 aliphatic rings. The lowest BCUT2D eigenvalue weighted by Gasteiger charge is -2.10. The van der Waals surface area contributed by atoms with Crippen molar-refractivity contribution in [2.45, 2.75) is 39.2 Å². The number of hydrogen-bond acceptors (Lipinski definition) is 5. The van der Waals surface area contributed by atoms with Gasteiger partial charge in [-0.2, -0.15) is 0 Å². The van der Waals surface area contributed by atoms with E-state index in [9.17, 15) is 4.79 Å². The number of ether oxygens (including phenoxy) is 2. The summed E-state index contributed by atoms with van der Waals surface area (Å²) in [6.45, 7) is 5.88. The van der Waals surface area contributed by atoms with Gasteiger partial charge in [0.2, 0.25) is 0 Å². The number of nitrogens with zero attached hydrogens (tertiary/aromatic N) is 3. The van der Waals surface area contributed by atoms with E-state index in [1.54, 1.807) is 4.68 Å². The van der Waals surface area contributed by atoms with Gasteiger partial charge in [-0.1, -0.05) is 12.1 Å². The fourth-order valence-electron chi connectivity index (χ4n) is 2.78. The molecule has 2 heterocycles. The fourth-order valence-corrected chi connectivity index (χ4v) is 2.78. The second kappa shape index (κ2) is 8.11. The molecule has 1 aromatic heterocycles. The van der Waals surface area contributed by atoms with Crippen LogP contribution in [0.4, 0.5) is 0 Å². The third-order valence-corrected chi connectivity index (χ3v) is 4.18. The highest BCUT2D eigenvalue weighted by Gasteiger charge is 2.20. The van der Waals surface area contributed by atoms with Gasteiger partial charge in [-0.3, -0.25) is 4.79 Å². The highest BCUT2D eigenvalue weighted by molar-refractivity contribution is 5.93. The molecule has 7 nitrogen and oxygen atoms in total. The lowest BCUT2D eigenvalue weighted by Crippen LogP contribution is -2.32. The number of rotatable bonds is 7. The fraction of sp³-hybridized carbons (Fsp3) is 0.500. The van der Waals surface area contributed by atoms with Crippen molar-refractivity contribution in [2.24, 2.45) is 0 Å². The van der Waals surface area contributed by atoms with Crippen molar-refractivity contribution in [3.05, 3.63) is 35.7 Å².